The average molecular weight is 336 g/mol. The van der Waals surface area contributed by atoms with Gasteiger partial charge >= 0.3 is 0 Å². The first-order valence-electron chi connectivity index (χ1n) is 8.88. The number of nitrogens with zero attached hydrogens (tertiary/aromatic N) is 1. The topological polar surface area (TPSA) is 49.4 Å². The third-order valence-corrected chi connectivity index (χ3v) is 4.59. The minimum absolute atomic E-state index is 0.0216. The molecule has 0 aromatic heterocycles. The molecule has 4 heteroatoms. The van der Waals surface area contributed by atoms with Crippen molar-refractivity contribution < 1.29 is 9.59 Å². The lowest BCUT2D eigenvalue weighted by Crippen LogP contribution is -2.31. The van der Waals surface area contributed by atoms with Gasteiger partial charge in [0, 0.05) is 31.3 Å². The molecule has 3 rings (SSSR count). The number of para-hydroxylation sites is 1. The van der Waals surface area contributed by atoms with Crippen molar-refractivity contribution >= 4 is 17.5 Å². The van der Waals surface area contributed by atoms with Crippen LogP contribution in [0.25, 0.3) is 0 Å². The summed E-state index contributed by atoms with van der Waals surface area (Å²) in [5, 5.41) is 2.79. The van der Waals surface area contributed by atoms with Gasteiger partial charge < -0.3 is 10.2 Å². The minimum Gasteiger partial charge on any atom is -0.356 e. The molecule has 130 valence electrons. The number of nitrogens with one attached hydrogen (secondary N) is 1. The summed E-state index contributed by atoms with van der Waals surface area (Å²) >= 11 is 0. The lowest BCUT2D eigenvalue weighted by Gasteiger charge is -2.23. The van der Waals surface area contributed by atoms with Gasteiger partial charge in [-0.2, -0.15) is 0 Å². The Morgan fingerprint density at radius 1 is 1.04 bits per heavy atom. The number of aryl methyl sites for hydroxylation is 1. The van der Waals surface area contributed by atoms with Crippen LogP contribution in [0.1, 0.15) is 41.3 Å². The second kappa shape index (κ2) is 7.97. The molecular formula is C21H24N2O2. The number of carbonyl (C=O) groups excluding carboxylic acids is 2. The van der Waals surface area contributed by atoms with Crippen molar-refractivity contribution in [2.24, 2.45) is 0 Å². The summed E-state index contributed by atoms with van der Waals surface area (Å²) in [6, 6.07) is 15.9. The maximum atomic E-state index is 13.0. The van der Waals surface area contributed by atoms with Crippen LogP contribution in [0.2, 0.25) is 0 Å². The molecule has 1 aliphatic heterocycles. The minimum atomic E-state index is -0.0216. The molecule has 2 aromatic rings. The maximum Gasteiger partial charge on any atom is 0.258 e. The molecule has 0 bridgehead atoms. The van der Waals surface area contributed by atoms with Gasteiger partial charge in [0.1, 0.15) is 0 Å². The molecule has 0 spiro atoms. The predicted octanol–water partition coefficient (Wildman–Crippen LogP) is 3.35. The Bertz CT molecular complexity index is 753. The molecule has 1 N–H and O–H groups in total. The van der Waals surface area contributed by atoms with Crippen LogP contribution in [-0.4, -0.2) is 24.9 Å². The highest BCUT2D eigenvalue weighted by atomic mass is 16.2. The van der Waals surface area contributed by atoms with Crippen molar-refractivity contribution in [1.29, 1.82) is 0 Å². The fourth-order valence-electron chi connectivity index (χ4n) is 3.26. The molecule has 0 saturated heterocycles. The standard InChI is InChI=1S/C21H24N2O2/c1-16(24)22-14-13-17-9-11-19(12-10-17)21(25)23-15-5-4-7-18-6-2-3-8-20(18)23/h2-3,6,8-12H,4-5,7,13-15H2,1H3,(H,22,24). The van der Waals surface area contributed by atoms with Crippen LogP contribution in [0.15, 0.2) is 48.5 Å². The first-order valence-corrected chi connectivity index (χ1v) is 8.88. The summed E-state index contributed by atoms with van der Waals surface area (Å²) < 4.78 is 0. The zero-order valence-electron chi connectivity index (χ0n) is 14.6. The molecule has 0 fully saturated rings. The molecule has 2 aromatic carbocycles. The Morgan fingerprint density at radius 3 is 2.56 bits per heavy atom. The summed E-state index contributed by atoms with van der Waals surface area (Å²) in [4.78, 5) is 25.8. The van der Waals surface area contributed by atoms with Crippen LogP contribution in [0.4, 0.5) is 5.69 Å². The van der Waals surface area contributed by atoms with E-state index < -0.39 is 0 Å². The second-order valence-electron chi connectivity index (χ2n) is 6.47. The van der Waals surface area contributed by atoms with Gasteiger partial charge in [0.2, 0.25) is 5.91 Å². The van der Waals surface area contributed by atoms with E-state index in [-0.39, 0.29) is 11.8 Å². The largest absolute Gasteiger partial charge is 0.356 e. The van der Waals surface area contributed by atoms with Crippen molar-refractivity contribution in [2.75, 3.05) is 18.0 Å². The van der Waals surface area contributed by atoms with Crippen LogP contribution in [0.5, 0.6) is 0 Å². The Hall–Kier alpha value is -2.62. The molecule has 1 aliphatic rings. The molecule has 25 heavy (non-hydrogen) atoms. The molecule has 1 heterocycles. The Labute approximate surface area is 148 Å². The van der Waals surface area contributed by atoms with Gasteiger partial charge in [0.25, 0.3) is 5.91 Å². The van der Waals surface area contributed by atoms with Crippen LogP contribution in [0.3, 0.4) is 0 Å². The molecule has 4 nitrogen and oxygen atoms in total. The number of hydrogen-bond donors (Lipinski definition) is 1. The Morgan fingerprint density at radius 2 is 1.80 bits per heavy atom. The zero-order chi connectivity index (χ0) is 17.6. The lowest BCUT2D eigenvalue weighted by atomic mass is 10.1. The predicted molar refractivity (Wildman–Crippen MR) is 99.9 cm³/mol. The first-order chi connectivity index (χ1) is 12.1. The Balaban J connectivity index is 1.73. The molecule has 0 aliphatic carbocycles. The van der Waals surface area contributed by atoms with Gasteiger partial charge in [-0.1, -0.05) is 30.3 Å². The van der Waals surface area contributed by atoms with Gasteiger partial charge in [0.05, 0.1) is 0 Å². The molecular weight excluding hydrogens is 312 g/mol. The molecule has 2 amide bonds. The smallest absolute Gasteiger partial charge is 0.258 e. The van der Waals surface area contributed by atoms with E-state index in [4.69, 9.17) is 0 Å². The third-order valence-electron chi connectivity index (χ3n) is 4.59. The van der Waals surface area contributed by atoms with Crippen LogP contribution >= 0.6 is 0 Å². The van der Waals surface area contributed by atoms with Gasteiger partial charge in [-0.05, 0) is 55.0 Å². The van der Waals surface area contributed by atoms with Crippen molar-refractivity contribution in [3.05, 3.63) is 65.2 Å². The van der Waals surface area contributed by atoms with E-state index in [0.717, 1.165) is 43.5 Å². The fraction of sp³-hybridized carbons (Fsp3) is 0.333. The summed E-state index contributed by atoms with van der Waals surface area (Å²) in [5.74, 6) is 0.0365. The van der Waals surface area contributed by atoms with E-state index in [1.807, 2.05) is 47.4 Å². The SMILES string of the molecule is CC(=O)NCCc1ccc(C(=O)N2CCCCc3ccccc32)cc1. The van der Waals surface area contributed by atoms with E-state index in [0.29, 0.717) is 12.1 Å². The van der Waals surface area contributed by atoms with Gasteiger partial charge in [-0.25, -0.2) is 0 Å². The maximum absolute atomic E-state index is 13.0. The van der Waals surface area contributed by atoms with Crippen molar-refractivity contribution in [2.45, 2.75) is 32.6 Å². The summed E-state index contributed by atoms with van der Waals surface area (Å²) in [6.07, 6.45) is 3.93. The van der Waals surface area contributed by atoms with E-state index >= 15 is 0 Å². The van der Waals surface area contributed by atoms with Crippen LogP contribution in [0, 0.1) is 0 Å². The molecule has 0 unspecified atom stereocenters. The number of hydrogen-bond acceptors (Lipinski definition) is 2. The van der Waals surface area contributed by atoms with E-state index in [1.54, 1.807) is 0 Å². The number of carbonyl (C=O) groups is 2. The van der Waals surface area contributed by atoms with E-state index in [9.17, 15) is 9.59 Å². The molecule has 0 radical (unpaired) electrons. The van der Waals surface area contributed by atoms with Crippen molar-refractivity contribution in [3.63, 3.8) is 0 Å². The lowest BCUT2D eigenvalue weighted by molar-refractivity contribution is -0.118. The highest BCUT2D eigenvalue weighted by molar-refractivity contribution is 6.06. The summed E-state index contributed by atoms with van der Waals surface area (Å²) in [7, 11) is 0. The first kappa shape index (κ1) is 17.2. The van der Waals surface area contributed by atoms with E-state index in [2.05, 4.69) is 11.4 Å². The summed E-state index contributed by atoms with van der Waals surface area (Å²) in [6.45, 7) is 2.89. The van der Waals surface area contributed by atoms with Gasteiger partial charge in [-0.3, -0.25) is 9.59 Å². The fourth-order valence-corrected chi connectivity index (χ4v) is 3.26. The monoisotopic (exact) mass is 336 g/mol. The quantitative estimate of drug-likeness (QED) is 0.931. The van der Waals surface area contributed by atoms with Gasteiger partial charge in [-0.15, -0.1) is 0 Å². The number of amides is 2. The number of benzene rings is 2. The second-order valence-corrected chi connectivity index (χ2v) is 6.47. The van der Waals surface area contributed by atoms with Gasteiger partial charge in [0.15, 0.2) is 0 Å². The van der Waals surface area contributed by atoms with E-state index in [1.165, 1.54) is 12.5 Å². The number of anilines is 1. The van der Waals surface area contributed by atoms with Crippen molar-refractivity contribution in [1.82, 2.24) is 5.32 Å². The zero-order valence-corrected chi connectivity index (χ0v) is 14.6. The average Bonchev–Trinajstić information content (AvgIpc) is 2.84. The number of rotatable bonds is 4. The van der Waals surface area contributed by atoms with Crippen LogP contribution in [-0.2, 0) is 17.6 Å². The van der Waals surface area contributed by atoms with Crippen LogP contribution < -0.4 is 10.2 Å². The summed E-state index contributed by atoms with van der Waals surface area (Å²) in [5.41, 5.74) is 4.11. The highest BCUT2D eigenvalue weighted by Gasteiger charge is 2.21. The highest BCUT2D eigenvalue weighted by Crippen LogP contribution is 2.27. The normalized spacial score (nSPS) is 13.7. The number of fused-ring (bicyclic) bond motifs is 1. The molecule has 0 saturated carbocycles. The van der Waals surface area contributed by atoms with Crippen molar-refractivity contribution in [3.8, 4) is 0 Å². The molecule has 0 atom stereocenters. The third kappa shape index (κ3) is 4.27. The Kier molecular flexibility index (Phi) is 5.49.